The first kappa shape index (κ1) is 12.2. The second-order valence-corrected chi connectivity index (χ2v) is 5.40. The van der Waals surface area contributed by atoms with E-state index >= 15 is 0 Å². The summed E-state index contributed by atoms with van der Waals surface area (Å²) in [6.45, 7) is 1.36. The van der Waals surface area contributed by atoms with Crippen LogP contribution in [-0.2, 0) is 21.4 Å². The zero-order chi connectivity index (χ0) is 13.5. The Morgan fingerprint density at radius 3 is 2.89 bits per heavy atom. The summed E-state index contributed by atoms with van der Waals surface area (Å²) in [6.07, 6.45) is 1.85. The number of nitrogens with zero attached hydrogens (tertiary/aromatic N) is 2. The molecule has 0 spiro atoms. The van der Waals surface area contributed by atoms with Crippen molar-refractivity contribution in [2.75, 3.05) is 25.2 Å². The molecule has 4 heteroatoms. The summed E-state index contributed by atoms with van der Waals surface area (Å²) in [5.74, 6) is 0.142. The Bertz CT molecular complexity index is 570. The molecule has 2 heterocycles. The fourth-order valence-corrected chi connectivity index (χ4v) is 2.90. The van der Waals surface area contributed by atoms with Gasteiger partial charge in [0.1, 0.15) is 0 Å². The second kappa shape index (κ2) is 4.36. The zero-order valence-electron chi connectivity index (χ0n) is 11.0. The van der Waals surface area contributed by atoms with E-state index in [1.165, 1.54) is 5.56 Å². The Kier molecular flexibility index (Phi) is 2.79. The lowest BCUT2D eigenvalue weighted by Gasteiger charge is -2.42. The van der Waals surface area contributed by atoms with E-state index in [4.69, 9.17) is 10.00 Å². The Hall–Kier alpha value is -1.86. The second-order valence-electron chi connectivity index (χ2n) is 5.40. The van der Waals surface area contributed by atoms with Crippen molar-refractivity contribution in [1.29, 1.82) is 5.26 Å². The van der Waals surface area contributed by atoms with Crippen LogP contribution < -0.4 is 4.90 Å². The monoisotopic (exact) mass is 256 g/mol. The highest BCUT2D eigenvalue weighted by atomic mass is 16.5. The van der Waals surface area contributed by atoms with Crippen molar-refractivity contribution in [3.05, 3.63) is 29.3 Å². The van der Waals surface area contributed by atoms with Gasteiger partial charge in [-0.3, -0.25) is 4.79 Å². The van der Waals surface area contributed by atoms with Crippen LogP contribution in [0.4, 0.5) is 5.69 Å². The number of amides is 1. The molecule has 2 aliphatic rings. The molecule has 4 nitrogen and oxygen atoms in total. The van der Waals surface area contributed by atoms with Crippen LogP contribution in [0, 0.1) is 11.3 Å². The lowest BCUT2D eigenvalue weighted by Crippen LogP contribution is -2.46. The molecule has 3 rings (SSSR count). The van der Waals surface area contributed by atoms with Crippen molar-refractivity contribution in [1.82, 2.24) is 0 Å². The zero-order valence-corrected chi connectivity index (χ0v) is 11.0. The van der Waals surface area contributed by atoms with Gasteiger partial charge >= 0.3 is 0 Å². The third-order valence-corrected chi connectivity index (χ3v) is 4.24. The Morgan fingerprint density at radius 2 is 2.26 bits per heavy atom. The number of carbonyl (C=O) groups excluding carboxylic acids is 1. The van der Waals surface area contributed by atoms with Gasteiger partial charge in [-0.2, -0.15) is 5.26 Å². The summed E-state index contributed by atoms with van der Waals surface area (Å²) in [7, 11) is 1.81. The first-order valence-corrected chi connectivity index (χ1v) is 6.51. The summed E-state index contributed by atoms with van der Waals surface area (Å²) in [4.78, 5) is 13.4. The van der Waals surface area contributed by atoms with Gasteiger partial charge in [0.05, 0.1) is 25.7 Å². The van der Waals surface area contributed by atoms with Gasteiger partial charge in [0, 0.05) is 24.6 Å². The number of anilines is 1. The van der Waals surface area contributed by atoms with Crippen LogP contribution in [0.3, 0.4) is 0 Å². The highest BCUT2D eigenvalue weighted by Crippen LogP contribution is 2.39. The summed E-state index contributed by atoms with van der Waals surface area (Å²) in [5, 5.41) is 8.78. The number of hydrogen-bond acceptors (Lipinski definition) is 3. The third-order valence-electron chi connectivity index (χ3n) is 4.24. The van der Waals surface area contributed by atoms with E-state index in [2.05, 4.69) is 18.2 Å². The molecule has 0 aromatic heterocycles. The minimum atomic E-state index is -0.0189. The SMILES string of the molecule is CN1C(=O)Cc2cc(C3(CCC#N)COC3)ccc21. The van der Waals surface area contributed by atoms with E-state index in [0.717, 1.165) is 17.7 Å². The van der Waals surface area contributed by atoms with Crippen molar-refractivity contribution < 1.29 is 9.53 Å². The minimum absolute atomic E-state index is 0.0189. The van der Waals surface area contributed by atoms with Crippen LogP contribution >= 0.6 is 0 Å². The van der Waals surface area contributed by atoms with Crippen molar-refractivity contribution in [3.8, 4) is 6.07 Å². The van der Waals surface area contributed by atoms with Crippen LogP contribution in [0.25, 0.3) is 0 Å². The number of benzene rings is 1. The summed E-state index contributed by atoms with van der Waals surface area (Å²) >= 11 is 0. The number of likely N-dealkylation sites (N-methyl/N-ethyl adjacent to an activating group) is 1. The van der Waals surface area contributed by atoms with Gasteiger partial charge in [0.2, 0.25) is 5.91 Å². The quantitative estimate of drug-likeness (QED) is 0.828. The molecule has 2 aliphatic heterocycles. The maximum atomic E-state index is 11.7. The topological polar surface area (TPSA) is 53.3 Å². The maximum absolute atomic E-state index is 11.7. The number of fused-ring (bicyclic) bond motifs is 1. The van der Waals surface area contributed by atoms with E-state index in [9.17, 15) is 4.79 Å². The number of hydrogen-bond donors (Lipinski definition) is 0. The van der Waals surface area contributed by atoms with Crippen LogP contribution in [-0.4, -0.2) is 26.2 Å². The van der Waals surface area contributed by atoms with Crippen molar-refractivity contribution in [2.45, 2.75) is 24.7 Å². The number of ether oxygens (including phenoxy) is 1. The lowest BCUT2D eigenvalue weighted by atomic mass is 9.74. The van der Waals surface area contributed by atoms with E-state index in [1.807, 2.05) is 13.1 Å². The van der Waals surface area contributed by atoms with Crippen LogP contribution in [0.1, 0.15) is 24.0 Å². The van der Waals surface area contributed by atoms with E-state index < -0.39 is 0 Å². The van der Waals surface area contributed by atoms with E-state index in [-0.39, 0.29) is 11.3 Å². The highest BCUT2D eigenvalue weighted by molar-refractivity contribution is 6.00. The van der Waals surface area contributed by atoms with Crippen LogP contribution in [0.15, 0.2) is 18.2 Å². The fourth-order valence-electron chi connectivity index (χ4n) is 2.90. The van der Waals surface area contributed by atoms with E-state index in [0.29, 0.717) is 26.1 Å². The third kappa shape index (κ3) is 1.82. The first-order chi connectivity index (χ1) is 9.16. The minimum Gasteiger partial charge on any atom is -0.379 e. The van der Waals surface area contributed by atoms with Gasteiger partial charge in [-0.05, 0) is 23.6 Å². The van der Waals surface area contributed by atoms with E-state index in [1.54, 1.807) is 4.90 Å². The number of rotatable bonds is 3. The molecule has 0 saturated carbocycles. The largest absolute Gasteiger partial charge is 0.379 e. The number of carbonyl (C=O) groups is 1. The summed E-state index contributed by atoms with van der Waals surface area (Å²) < 4.78 is 5.36. The molecule has 0 unspecified atom stereocenters. The normalized spacial score (nSPS) is 19.8. The van der Waals surface area contributed by atoms with Crippen LogP contribution in [0.2, 0.25) is 0 Å². The molecule has 0 atom stereocenters. The summed E-state index contributed by atoms with van der Waals surface area (Å²) in [5.41, 5.74) is 3.28. The highest BCUT2D eigenvalue weighted by Gasteiger charge is 2.40. The first-order valence-electron chi connectivity index (χ1n) is 6.51. The Labute approximate surface area is 112 Å². The van der Waals surface area contributed by atoms with Crippen LogP contribution in [0.5, 0.6) is 0 Å². The fraction of sp³-hybridized carbons (Fsp3) is 0.467. The van der Waals surface area contributed by atoms with Gasteiger partial charge in [0.15, 0.2) is 0 Å². The van der Waals surface area contributed by atoms with Gasteiger partial charge in [-0.25, -0.2) is 0 Å². The predicted molar refractivity (Wildman–Crippen MR) is 70.9 cm³/mol. The van der Waals surface area contributed by atoms with Gasteiger partial charge < -0.3 is 9.64 Å². The standard InChI is InChI=1S/C15H16N2O2/c1-17-13-4-3-12(7-11(13)8-14(17)18)15(5-2-6-16)9-19-10-15/h3-4,7H,2,5,8-10H2,1H3. The molecule has 0 N–H and O–H groups in total. The molecule has 1 fully saturated rings. The molecule has 0 bridgehead atoms. The van der Waals surface area contributed by atoms with Crippen molar-refractivity contribution in [3.63, 3.8) is 0 Å². The molecular weight excluding hydrogens is 240 g/mol. The molecule has 1 saturated heterocycles. The number of nitriles is 1. The lowest BCUT2D eigenvalue weighted by molar-refractivity contribution is -0.117. The van der Waals surface area contributed by atoms with Gasteiger partial charge in [0.25, 0.3) is 0 Å². The van der Waals surface area contributed by atoms with Crippen molar-refractivity contribution in [2.24, 2.45) is 0 Å². The molecule has 19 heavy (non-hydrogen) atoms. The Morgan fingerprint density at radius 1 is 1.47 bits per heavy atom. The molecular formula is C15H16N2O2. The molecule has 0 radical (unpaired) electrons. The van der Waals surface area contributed by atoms with Gasteiger partial charge in [-0.1, -0.05) is 12.1 Å². The van der Waals surface area contributed by atoms with Crippen molar-refractivity contribution >= 4 is 11.6 Å². The van der Waals surface area contributed by atoms with Gasteiger partial charge in [-0.15, -0.1) is 0 Å². The molecule has 1 aromatic carbocycles. The molecule has 98 valence electrons. The molecule has 0 aliphatic carbocycles. The predicted octanol–water partition coefficient (Wildman–Crippen LogP) is 1.78. The molecule has 1 aromatic rings. The average molecular weight is 256 g/mol. The summed E-state index contributed by atoms with van der Waals surface area (Å²) in [6, 6.07) is 8.42. The maximum Gasteiger partial charge on any atom is 0.231 e. The smallest absolute Gasteiger partial charge is 0.231 e. The molecule has 1 amide bonds. The Balaban J connectivity index is 1.93. The average Bonchev–Trinajstić information content (AvgIpc) is 2.64.